The van der Waals surface area contributed by atoms with Gasteiger partial charge in [-0.3, -0.25) is 28.8 Å². The molecule has 0 bridgehead atoms. The number of aliphatic hydroxyl groups is 1. The normalized spacial score (nSPS) is 13.5. The number of ether oxygens (including phenoxy) is 4. The lowest BCUT2D eigenvalue weighted by Gasteiger charge is -2.27. The quantitative estimate of drug-likeness (QED) is 0.0217. The zero-order valence-corrected chi connectivity index (χ0v) is 47.9. The molecular weight excluding hydrogens is 1040 g/mol. The predicted molar refractivity (Wildman–Crippen MR) is 298 cm³/mol. The molecule has 0 saturated heterocycles. The van der Waals surface area contributed by atoms with Crippen molar-refractivity contribution in [3.05, 3.63) is 158 Å². The number of amides is 1. The summed E-state index contributed by atoms with van der Waals surface area (Å²) in [5.41, 5.74) is 9.99. The summed E-state index contributed by atoms with van der Waals surface area (Å²) in [7, 11) is 7.71. The average molecular weight is 1110 g/mol. The van der Waals surface area contributed by atoms with Gasteiger partial charge in [0.15, 0.2) is 0 Å². The second kappa shape index (κ2) is 34.6. The third-order valence-electron chi connectivity index (χ3n) is 12.6. The number of benzene rings is 3. The van der Waals surface area contributed by atoms with Crippen LogP contribution in [0.5, 0.6) is 0 Å². The smallest absolute Gasteiger partial charge is 0.308 e. The van der Waals surface area contributed by atoms with Gasteiger partial charge >= 0.3 is 5.97 Å². The number of nitrogens with one attached hydrogen (secondary N) is 2. The van der Waals surface area contributed by atoms with Gasteiger partial charge < -0.3 is 29.3 Å². The van der Waals surface area contributed by atoms with Crippen LogP contribution in [0.25, 0.3) is 0 Å². The van der Waals surface area contributed by atoms with Crippen molar-refractivity contribution >= 4 is 46.7 Å². The maximum Gasteiger partial charge on any atom is 0.308 e. The fourth-order valence-electron chi connectivity index (χ4n) is 8.92. The van der Waals surface area contributed by atoms with Gasteiger partial charge in [-0.05, 0) is 139 Å². The molecule has 0 spiro atoms. The number of methoxy groups -OCH3 is 4. The van der Waals surface area contributed by atoms with Crippen molar-refractivity contribution in [3.8, 4) is 0 Å². The first-order valence-corrected chi connectivity index (χ1v) is 26.4. The molecule has 1 amide bonds. The van der Waals surface area contributed by atoms with E-state index in [2.05, 4.69) is 56.8 Å². The minimum Gasteiger partial charge on any atom is -0.469 e. The van der Waals surface area contributed by atoms with E-state index in [1.54, 1.807) is 44.7 Å². The molecule has 76 heavy (non-hydrogen) atoms. The highest BCUT2D eigenvalue weighted by Crippen LogP contribution is 2.33. The van der Waals surface area contributed by atoms with Crippen LogP contribution in [0.1, 0.15) is 130 Å². The minimum atomic E-state index is -0.483. The van der Waals surface area contributed by atoms with Gasteiger partial charge in [0, 0.05) is 122 Å². The molecule has 20 heteroatoms. The number of aliphatic hydroxyl groups excluding tert-OH is 1. The van der Waals surface area contributed by atoms with E-state index >= 15 is 0 Å². The second-order valence-corrected chi connectivity index (χ2v) is 20.1. The molecule has 6 atom stereocenters. The number of hydrogen-bond acceptors (Lipinski definition) is 13. The van der Waals surface area contributed by atoms with E-state index in [1.807, 2.05) is 111 Å². The van der Waals surface area contributed by atoms with Crippen molar-refractivity contribution in [2.45, 2.75) is 134 Å². The Morgan fingerprint density at radius 1 is 0.526 bits per heavy atom. The van der Waals surface area contributed by atoms with Crippen LogP contribution in [0, 0.1) is 0 Å². The number of esters is 1. The first-order valence-electron chi connectivity index (χ1n) is 25.2. The fourth-order valence-corrected chi connectivity index (χ4v) is 9.30. The van der Waals surface area contributed by atoms with Crippen LogP contribution < -0.4 is 11.0 Å². The summed E-state index contributed by atoms with van der Waals surface area (Å²) in [6, 6.07) is 29.9. The lowest BCUT2D eigenvalue weighted by atomic mass is 9.88. The van der Waals surface area contributed by atoms with Crippen LogP contribution in [0.15, 0.2) is 110 Å². The van der Waals surface area contributed by atoms with Gasteiger partial charge in [0.05, 0.1) is 38.3 Å². The summed E-state index contributed by atoms with van der Waals surface area (Å²) in [5.74, 6) is -0.783. The van der Waals surface area contributed by atoms with Gasteiger partial charge in [-0.15, -0.1) is 0 Å². The van der Waals surface area contributed by atoms with Crippen molar-refractivity contribution in [2.24, 2.45) is 0 Å². The first-order chi connectivity index (χ1) is 36.4. The summed E-state index contributed by atoms with van der Waals surface area (Å²) in [6.07, 6.45) is 7.61. The largest absolute Gasteiger partial charge is 0.469 e. The van der Waals surface area contributed by atoms with E-state index in [4.69, 9.17) is 64.2 Å². The predicted octanol–water partition coefficient (Wildman–Crippen LogP) is 10.8. The Balaban J connectivity index is 0.000000292. The van der Waals surface area contributed by atoms with E-state index in [-0.39, 0.29) is 73.5 Å². The summed E-state index contributed by atoms with van der Waals surface area (Å²) < 4.78 is 27.7. The van der Waals surface area contributed by atoms with E-state index < -0.39 is 12.0 Å². The van der Waals surface area contributed by atoms with Crippen LogP contribution in [0.2, 0.25) is 15.1 Å². The second-order valence-electron chi connectivity index (χ2n) is 18.8. The summed E-state index contributed by atoms with van der Waals surface area (Å²) in [6.45, 7) is 12.6. The molecule has 418 valence electrons. The Morgan fingerprint density at radius 2 is 0.829 bits per heavy atom. The van der Waals surface area contributed by atoms with E-state index in [0.717, 1.165) is 39.7 Å². The van der Waals surface area contributed by atoms with Crippen molar-refractivity contribution in [2.75, 3.05) is 42.1 Å². The van der Waals surface area contributed by atoms with Crippen LogP contribution in [-0.2, 0) is 47.8 Å². The number of hydrogen-bond donors (Lipinski definition) is 5. The Kier molecular flexibility index (Phi) is 29.6. The van der Waals surface area contributed by atoms with Crippen molar-refractivity contribution in [1.82, 2.24) is 40.3 Å². The molecule has 3 aromatic carbocycles. The number of rotatable bonds is 24. The molecule has 0 saturated carbocycles. The van der Waals surface area contributed by atoms with Crippen LogP contribution in [-0.4, -0.2) is 117 Å². The van der Waals surface area contributed by atoms with Crippen molar-refractivity contribution in [1.29, 1.82) is 0 Å². The monoisotopic (exact) mass is 1110 g/mol. The average Bonchev–Trinajstić information content (AvgIpc) is 4.23. The molecule has 0 aliphatic rings. The highest BCUT2D eigenvalue weighted by Gasteiger charge is 2.31. The summed E-state index contributed by atoms with van der Waals surface area (Å²) >= 11 is 17.9. The molecule has 0 aliphatic heterocycles. The molecule has 0 fully saturated rings. The molecule has 3 heterocycles. The molecule has 3 aromatic heterocycles. The highest BCUT2D eigenvalue weighted by atomic mass is 35.5. The lowest BCUT2D eigenvalue weighted by molar-refractivity contribution is -0.143. The van der Waals surface area contributed by atoms with Gasteiger partial charge in [0.25, 0.3) is 0 Å². The third kappa shape index (κ3) is 20.6. The van der Waals surface area contributed by atoms with Gasteiger partial charge in [0.2, 0.25) is 5.91 Å². The summed E-state index contributed by atoms with van der Waals surface area (Å²) in [5, 5.41) is 40.9. The van der Waals surface area contributed by atoms with Crippen molar-refractivity contribution < 1.29 is 44.1 Å². The van der Waals surface area contributed by atoms with Crippen molar-refractivity contribution in [3.63, 3.8) is 0 Å². The van der Waals surface area contributed by atoms with Crippen LogP contribution in [0.4, 0.5) is 0 Å². The maximum atomic E-state index is 11.8. The lowest BCUT2D eigenvalue weighted by Crippen LogP contribution is -2.32. The van der Waals surface area contributed by atoms with Gasteiger partial charge in [-0.25, -0.2) is 11.0 Å². The number of halogens is 3. The van der Waals surface area contributed by atoms with E-state index in [9.17, 15) is 14.7 Å². The molecule has 6 aromatic rings. The molecule has 0 radical (unpaired) electrons. The number of carbonyl (C=O) groups is 2. The Bertz CT molecular complexity index is 2420. The molecule has 0 aliphatic carbocycles. The molecule has 0 unspecified atom stereocenters. The zero-order chi connectivity index (χ0) is 56.3. The Morgan fingerprint density at radius 3 is 1.09 bits per heavy atom. The fraction of sp³-hybridized carbons (Fsp3) is 0.482. The zero-order valence-electron chi connectivity index (χ0n) is 45.6. The number of carbonyl (C=O) groups excluding carboxylic acids is 2. The third-order valence-corrected chi connectivity index (χ3v) is 13.3. The Labute approximate surface area is 463 Å². The summed E-state index contributed by atoms with van der Waals surface area (Å²) in [4.78, 5) is 23.5. The minimum absolute atomic E-state index is 0.0322. The van der Waals surface area contributed by atoms with Crippen LogP contribution >= 0.6 is 34.8 Å². The molecule has 17 nitrogen and oxygen atoms in total. The van der Waals surface area contributed by atoms with Gasteiger partial charge in [-0.1, -0.05) is 71.2 Å². The number of aromatic nitrogens is 6. The van der Waals surface area contributed by atoms with Crippen LogP contribution in [0.3, 0.4) is 0 Å². The topological polar surface area (TPSA) is 209 Å². The molecule has 6 rings (SSSR count). The van der Waals surface area contributed by atoms with Gasteiger partial charge in [0.1, 0.15) is 0 Å². The number of hydroxylamine groups is 2. The van der Waals surface area contributed by atoms with E-state index in [0.29, 0.717) is 29.3 Å². The SMILES string of the molecule is CNO.COC(=O)C[C@@H](OC)[C@H](Cc1ccc(Cl)cc1)c1ccnn1C(C)C.CO[C@H](CC(=O)NO)[C@H](Cc1ccc(Cl)cc1)c1ccnn1C(C)C.CO[C@H](CCO)[C@H](Cc1ccc(Cl)cc1)c1ccnn1C(C)C. The number of nitrogens with zero attached hydrogens (tertiary/aromatic N) is 6. The Hall–Kier alpha value is -5.18. The highest BCUT2D eigenvalue weighted by molar-refractivity contribution is 6.31. The van der Waals surface area contributed by atoms with E-state index in [1.165, 1.54) is 19.7 Å². The van der Waals surface area contributed by atoms with Gasteiger partial charge in [-0.2, -0.15) is 15.3 Å². The molecular formula is C56H79Cl3N8O9. The maximum absolute atomic E-state index is 11.8. The molecule has 5 N–H and O–H groups in total. The standard InChI is InChI=1S/C19H25ClN2O3.C18H24ClN3O3.C18H25ClN2O2.CH5NO/c1-13(2)22-17(9-10-21-22)16(18(24-3)12-19(23)25-4)11-14-5-7-15(20)8-6-14;1-12(2)22-16(8-9-20-22)15(17(25-3)11-18(23)21-24)10-13-4-6-14(19)7-5-13;1-13(2)21-17(8-10-20-21)16(18(23-3)9-11-22)12-14-4-6-15(19)7-5-14;1-2-3/h5-10,13,16,18H,11-12H2,1-4H3;4-9,12,15,17,24H,10-11H2,1-3H3,(H,21,23);4-8,10,13,16,18,22H,9,11-12H2,1-3H3;2-3H,1H3/t16-,18-;15-,17-;16-,18-;/m111./s1. The first kappa shape index (κ1) is 65.1.